The number of hydrogen-bond acceptors (Lipinski definition) is 11. The van der Waals surface area contributed by atoms with E-state index in [1.807, 2.05) is 42.5 Å². The summed E-state index contributed by atoms with van der Waals surface area (Å²) < 4.78 is 30.7. The monoisotopic (exact) mass is 668 g/mol. The van der Waals surface area contributed by atoms with Crippen LogP contribution in [0.5, 0.6) is 0 Å². The summed E-state index contributed by atoms with van der Waals surface area (Å²) in [4.78, 5) is 36.1. The van der Waals surface area contributed by atoms with Crippen molar-refractivity contribution < 1.29 is 47.6 Å². The minimum Gasteiger partial charge on any atom is -0.756 e. The van der Waals surface area contributed by atoms with Crippen LogP contribution in [0.25, 0.3) is 10.8 Å². The molecule has 0 saturated carbocycles. The number of phosphoric acid groups is 1. The number of fused-ring (bicyclic) bond motifs is 1. The second-order valence-corrected chi connectivity index (χ2v) is 12.5. The third kappa shape index (κ3) is 9.26. The molecule has 1 saturated heterocycles. The maximum atomic E-state index is 12.4. The number of benzene rings is 2. The van der Waals surface area contributed by atoms with E-state index in [4.69, 9.17) is 19.5 Å². The molecule has 0 radical (unpaired) electrons. The second kappa shape index (κ2) is 15.7. The predicted octanol–water partition coefficient (Wildman–Crippen LogP) is 0.668. The van der Waals surface area contributed by atoms with Crippen molar-refractivity contribution >= 4 is 30.4 Å². The van der Waals surface area contributed by atoms with Crippen LogP contribution in [-0.4, -0.2) is 68.5 Å². The van der Waals surface area contributed by atoms with Crippen molar-refractivity contribution in [2.75, 3.05) is 13.2 Å². The first-order valence-electron chi connectivity index (χ1n) is 15.1. The highest BCUT2D eigenvalue weighted by Gasteiger charge is 2.48. The van der Waals surface area contributed by atoms with E-state index >= 15 is 0 Å². The number of primary amides is 1. The maximum absolute atomic E-state index is 12.4. The fourth-order valence-electron chi connectivity index (χ4n) is 5.22. The highest BCUT2D eigenvalue weighted by atomic mass is 31.2. The zero-order chi connectivity index (χ0) is 33.4. The maximum Gasteiger partial charge on any atom is 0.292 e. The van der Waals surface area contributed by atoms with E-state index in [1.54, 1.807) is 10.9 Å². The summed E-state index contributed by atoms with van der Waals surface area (Å²) in [6.07, 6.45) is 1.20. The van der Waals surface area contributed by atoms with E-state index in [2.05, 4.69) is 15.6 Å². The van der Waals surface area contributed by atoms with Crippen LogP contribution in [0.2, 0.25) is 0 Å². The number of aryl methyl sites for hydroxylation is 1. The molecule has 4 aromatic rings. The molecule has 2 amide bonds. The van der Waals surface area contributed by atoms with Crippen molar-refractivity contribution in [1.29, 1.82) is 0 Å². The largest absolute Gasteiger partial charge is 0.756 e. The van der Waals surface area contributed by atoms with Gasteiger partial charge in [-0.25, -0.2) is 0 Å². The van der Waals surface area contributed by atoms with Gasteiger partial charge in [-0.1, -0.05) is 47.7 Å². The molecule has 0 bridgehead atoms. The fourth-order valence-corrected chi connectivity index (χ4v) is 5.94. The van der Waals surface area contributed by atoms with Crippen molar-refractivity contribution in [3.05, 3.63) is 90.0 Å². The lowest BCUT2D eigenvalue weighted by atomic mass is 10.0. The number of hydrogen-bond donors (Lipinski definition) is 4. The number of nitrogens with one attached hydrogen (secondary N) is 1. The summed E-state index contributed by atoms with van der Waals surface area (Å²) in [7, 11) is -4.79. The van der Waals surface area contributed by atoms with Gasteiger partial charge >= 0.3 is 0 Å². The molecule has 5 atom stereocenters. The number of unbranched alkanes of at least 4 members (excludes halogenated alkanes) is 1. The van der Waals surface area contributed by atoms with Crippen LogP contribution >= 0.6 is 7.82 Å². The second-order valence-electron chi connectivity index (χ2n) is 11.1. The van der Waals surface area contributed by atoms with Crippen molar-refractivity contribution in [1.82, 2.24) is 20.3 Å². The molecule has 5 N–H and O–H groups in total. The third-order valence-electron chi connectivity index (χ3n) is 7.73. The first kappa shape index (κ1) is 34.3. The van der Waals surface area contributed by atoms with Crippen molar-refractivity contribution in [3.8, 4) is 0 Å². The lowest BCUT2D eigenvalue weighted by Gasteiger charge is -2.24. The first-order valence-corrected chi connectivity index (χ1v) is 16.6. The minimum atomic E-state index is -4.79. The minimum absolute atomic E-state index is 0.0301. The summed E-state index contributed by atoms with van der Waals surface area (Å²) in [5, 5.41) is 34.1. The van der Waals surface area contributed by atoms with Gasteiger partial charge in [-0.3, -0.25) is 18.8 Å². The summed E-state index contributed by atoms with van der Waals surface area (Å²) in [5.74, 6) is -0.720. The van der Waals surface area contributed by atoms with Crippen molar-refractivity contribution in [2.45, 2.75) is 63.3 Å². The van der Waals surface area contributed by atoms with Crippen molar-refractivity contribution in [2.24, 2.45) is 5.73 Å². The molecule has 3 heterocycles. The Morgan fingerprint density at radius 3 is 2.72 bits per heavy atom. The molecule has 1 aliphatic rings. The van der Waals surface area contributed by atoms with Crippen LogP contribution in [0.3, 0.4) is 0 Å². The van der Waals surface area contributed by atoms with Crippen molar-refractivity contribution in [3.63, 3.8) is 0 Å². The number of nitrogens with two attached hydrogens (primary N) is 1. The first-order chi connectivity index (χ1) is 22.6. The Morgan fingerprint density at radius 2 is 1.89 bits per heavy atom. The Morgan fingerprint density at radius 1 is 1.09 bits per heavy atom. The number of nitrogens with zero attached hydrogens (tertiary/aromatic N) is 4. The Kier molecular flexibility index (Phi) is 11.4. The van der Waals surface area contributed by atoms with Gasteiger partial charge in [-0.05, 0) is 35.2 Å². The predicted molar refractivity (Wildman–Crippen MR) is 164 cm³/mol. The number of carbonyl (C=O) groups is 2. The average Bonchev–Trinajstić information content (AvgIpc) is 3.64. The van der Waals surface area contributed by atoms with E-state index in [-0.39, 0.29) is 24.5 Å². The third-order valence-corrected chi connectivity index (χ3v) is 8.69. The summed E-state index contributed by atoms with van der Waals surface area (Å²) in [5.41, 5.74) is 7.02. The number of phosphoric ester groups is 1. The Balaban J connectivity index is 0.979. The number of rotatable bonds is 16. The molecule has 250 valence electrons. The van der Waals surface area contributed by atoms with Crippen LogP contribution in [0.4, 0.5) is 0 Å². The molecule has 1 aliphatic heterocycles. The van der Waals surface area contributed by atoms with Crippen LogP contribution in [0.15, 0.2) is 73.2 Å². The normalized spacial score (nSPS) is 20.7. The number of ether oxygens (including phenoxy) is 1. The van der Waals surface area contributed by atoms with E-state index in [9.17, 15) is 29.3 Å². The van der Waals surface area contributed by atoms with Crippen LogP contribution in [-0.2, 0) is 42.7 Å². The van der Waals surface area contributed by atoms with Gasteiger partial charge in [0.2, 0.25) is 5.91 Å². The summed E-state index contributed by atoms with van der Waals surface area (Å²) in [6.45, 7) is 0.132. The number of aliphatic hydroxyl groups excluding tert-OH is 2. The van der Waals surface area contributed by atoms with E-state index in [0.717, 1.165) is 16.3 Å². The molecule has 1 fully saturated rings. The standard InChI is InChI=1S/C31H37N6O9P/c32-30(41)23-10-6-14-36(18-23)31-29(40)28(39)26(46-31)20-45-47(42,43)44-16-13-24-19-37(35-34-24)15-4-3-12-27(38)33-17-22-9-5-8-21-7-1-2-11-25(21)22/h1-2,5-11,14,18-19,26,28-29,31,39-40H,3-4,12-13,15-17,20H2,(H3-,32,33,38,41,42,43)/t26-,28-,29-,31-/m1/s1. The van der Waals surface area contributed by atoms with E-state index in [0.29, 0.717) is 38.0 Å². The quantitative estimate of drug-likeness (QED) is 0.0739. The van der Waals surface area contributed by atoms with Gasteiger partial charge in [-0.2, -0.15) is 4.57 Å². The number of carbonyl (C=O) groups excluding carboxylic acids is 2. The van der Waals surface area contributed by atoms with Gasteiger partial charge in [0.15, 0.2) is 18.5 Å². The lowest BCUT2D eigenvalue weighted by molar-refractivity contribution is -0.765. The summed E-state index contributed by atoms with van der Waals surface area (Å²) >= 11 is 0. The molecule has 0 spiro atoms. The molecule has 16 heteroatoms. The zero-order valence-corrected chi connectivity index (χ0v) is 26.4. The Bertz CT molecular complexity index is 1730. The van der Waals surface area contributed by atoms with E-state index in [1.165, 1.54) is 29.1 Å². The van der Waals surface area contributed by atoms with Gasteiger partial charge in [0.1, 0.15) is 17.8 Å². The van der Waals surface area contributed by atoms with E-state index < -0.39 is 44.9 Å². The Labute approximate surface area is 270 Å². The molecule has 2 aromatic heterocycles. The molecule has 1 unspecified atom stereocenters. The molecular formula is C31H37N6O9P. The van der Waals surface area contributed by atoms with Gasteiger partial charge in [0, 0.05) is 38.2 Å². The Hall–Kier alpha value is -4.08. The SMILES string of the molecule is NC(=O)c1ccc[n+]([C@@H]2O[C@H](COP(=O)([O-])OCCc3cn(CCCCC(=O)NCc4cccc5ccccc45)nn3)[C@@H](O)[C@H]2O)c1. The highest BCUT2D eigenvalue weighted by molar-refractivity contribution is 7.45. The summed E-state index contributed by atoms with van der Waals surface area (Å²) in [6, 6.07) is 17.1. The number of aromatic nitrogens is 4. The number of amides is 2. The highest BCUT2D eigenvalue weighted by Crippen LogP contribution is 2.39. The topological polar surface area (TPSA) is 215 Å². The van der Waals surface area contributed by atoms with Gasteiger partial charge < -0.3 is 39.9 Å². The molecule has 47 heavy (non-hydrogen) atoms. The fraction of sp³-hybridized carbons (Fsp3) is 0.387. The van der Waals surface area contributed by atoms with Gasteiger partial charge in [0.25, 0.3) is 20.0 Å². The molecular weight excluding hydrogens is 631 g/mol. The van der Waals surface area contributed by atoms with Gasteiger partial charge in [-0.15, -0.1) is 5.10 Å². The number of aliphatic hydroxyl groups is 2. The van der Waals surface area contributed by atoms with Gasteiger partial charge in [0.05, 0.1) is 18.9 Å². The van der Waals surface area contributed by atoms with Crippen LogP contribution in [0, 0.1) is 0 Å². The molecule has 5 rings (SSSR count). The zero-order valence-electron chi connectivity index (χ0n) is 25.5. The average molecular weight is 669 g/mol. The van der Waals surface area contributed by atoms with Crippen LogP contribution in [0.1, 0.15) is 47.1 Å². The molecule has 2 aromatic carbocycles. The smallest absolute Gasteiger partial charge is 0.292 e. The molecule has 15 nitrogen and oxygen atoms in total. The number of pyridine rings is 1. The lowest BCUT2D eigenvalue weighted by Crippen LogP contribution is -2.46. The molecule has 0 aliphatic carbocycles. The van der Waals surface area contributed by atoms with Crippen LogP contribution < -0.4 is 20.5 Å².